The van der Waals surface area contributed by atoms with Crippen LogP contribution in [-0.4, -0.2) is 51.8 Å². The monoisotopic (exact) mass is 823 g/mol. The van der Waals surface area contributed by atoms with Crippen LogP contribution in [-0.2, 0) is 6.54 Å². The molecule has 2 unspecified atom stereocenters. The first-order chi connectivity index (χ1) is 25.2. The van der Waals surface area contributed by atoms with Gasteiger partial charge in [0.15, 0.2) is 16.5 Å². The van der Waals surface area contributed by atoms with Crippen molar-refractivity contribution in [1.29, 1.82) is 0 Å². The van der Waals surface area contributed by atoms with Gasteiger partial charge in [-0.05, 0) is 66.8 Å². The molecule has 7 aromatic rings. The number of alkyl halides is 1. The Morgan fingerprint density at radius 2 is 1.73 bits per heavy atom. The van der Waals surface area contributed by atoms with Crippen LogP contribution in [0.5, 0.6) is 0 Å². The van der Waals surface area contributed by atoms with E-state index in [1.54, 1.807) is 6.20 Å². The number of rotatable bonds is 8. The number of thiazole rings is 1. The van der Waals surface area contributed by atoms with E-state index in [1.807, 2.05) is 59.2 Å². The van der Waals surface area contributed by atoms with Gasteiger partial charge in [0.25, 0.3) is 5.91 Å². The molecule has 1 fully saturated rings. The number of imidazole rings is 1. The molecule has 260 valence electrons. The van der Waals surface area contributed by atoms with E-state index < -0.39 is 17.6 Å². The first-order valence-corrected chi connectivity index (χ1v) is 18.6. The van der Waals surface area contributed by atoms with Gasteiger partial charge in [-0.3, -0.25) is 19.1 Å². The van der Waals surface area contributed by atoms with Crippen LogP contribution in [0, 0.1) is 5.82 Å². The lowest BCUT2D eigenvalue weighted by Crippen LogP contribution is -2.38. The molecular formula is C38H31FIN9O2S. The van der Waals surface area contributed by atoms with Gasteiger partial charge < -0.3 is 17.2 Å². The topological polar surface area (TPSA) is 172 Å². The minimum Gasteiger partial charge on any atom is -0.383 e. The number of nitrogen functional groups attached to an aromatic ring is 1. The molecule has 11 nitrogen and oxygen atoms in total. The lowest BCUT2D eigenvalue weighted by Gasteiger charge is -2.37. The molecule has 5 heterocycles. The van der Waals surface area contributed by atoms with Gasteiger partial charge in [0.2, 0.25) is 5.91 Å². The van der Waals surface area contributed by atoms with E-state index in [-0.39, 0.29) is 26.1 Å². The summed E-state index contributed by atoms with van der Waals surface area (Å²) >= 11 is 3.37. The zero-order valence-corrected chi connectivity index (χ0v) is 30.5. The number of pyridine rings is 2. The summed E-state index contributed by atoms with van der Waals surface area (Å²) in [7, 11) is 0. The fourth-order valence-electron chi connectivity index (χ4n) is 6.89. The average Bonchev–Trinajstić information content (AvgIpc) is 3.75. The van der Waals surface area contributed by atoms with Gasteiger partial charge in [-0.15, -0.1) is 11.3 Å². The fraction of sp³-hybridized carbons (Fsp3) is 0.158. The van der Waals surface area contributed by atoms with E-state index in [0.717, 1.165) is 45.4 Å². The number of likely N-dealkylation sites (tertiary alicyclic amines) is 1. The SMILES string of the molecule is NC(=O)c1nc2c(C3CCN(Cc4ccc(-n5c(-c6cccnc6N)nc6ccc(-c7ccccc7)nc65)cc4)C(I)C3)c(F)cc(C(N)=O)c2s1. The Kier molecular flexibility index (Phi) is 8.89. The molecule has 3 aromatic carbocycles. The van der Waals surface area contributed by atoms with Crippen molar-refractivity contribution in [3.05, 3.63) is 119 Å². The summed E-state index contributed by atoms with van der Waals surface area (Å²) in [5.41, 5.74) is 24.0. The number of amides is 2. The van der Waals surface area contributed by atoms with E-state index in [9.17, 15) is 9.59 Å². The number of nitrogens with two attached hydrogens (primary N) is 3. The van der Waals surface area contributed by atoms with Crippen molar-refractivity contribution < 1.29 is 14.0 Å². The molecule has 0 bridgehead atoms. The molecule has 0 aliphatic carbocycles. The Hall–Kier alpha value is -5.32. The molecular weight excluding hydrogens is 792 g/mol. The van der Waals surface area contributed by atoms with Crippen LogP contribution in [0.25, 0.3) is 49.7 Å². The zero-order valence-electron chi connectivity index (χ0n) is 27.5. The van der Waals surface area contributed by atoms with Crippen LogP contribution in [0.3, 0.4) is 0 Å². The molecule has 2 atom stereocenters. The number of carbonyl (C=O) groups excluding carboxylic acids is 2. The fourth-order valence-corrected chi connectivity index (χ4v) is 8.93. The highest BCUT2D eigenvalue weighted by Gasteiger charge is 2.33. The van der Waals surface area contributed by atoms with Crippen LogP contribution in [0.4, 0.5) is 10.2 Å². The number of primary amides is 2. The number of anilines is 1. The van der Waals surface area contributed by atoms with Crippen molar-refractivity contribution in [3.8, 4) is 28.3 Å². The van der Waals surface area contributed by atoms with Gasteiger partial charge in [0.05, 0.1) is 31.1 Å². The van der Waals surface area contributed by atoms with E-state index in [2.05, 4.69) is 61.7 Å². The second-order valence-corrected chi connectivity index (χ2v) is 15.1. The molecule has 52 heavy (non-hydrogen) atoms. The molecule has 0 spiro atoms. The van der Waals surface area contributed by atoms with Crippen molar-refractivity contribution in [1.82, 2.24) is 29.4 Å². The van der Waals surface area contributed by atoms with Gasteiger partial charge in [-0.1, -0.05) is 65.1 Å². The summed E-state index contributed by atoms with van der Waals surface area (Å²) in [5, 5.41) is 0.0170. The molecule has 8 rings (SSSR count). The summed E-state index contributed by atoms with van der Waals surface area (Å²) in [5.74, 6) is -1.22. The van der Waals surface area contributed by atoms with Crippen LogP contribution < -0.4 is 17.2 Å². The molecule has 1 aliphatic heterocycles. The van der Waals surface area contributed by atoms with Crippen molar-refractivity contribution in [2.24, 2.45) is 11.5 Å². The molecule has 2 amide bonds. The lowest BCUT2D eigenvalue weighted by molar-refractivity contribution is 0.0992. The number of fused-ring (bicyclic) bond motifs is 2. The summed E-state index contributed by atoms with van der Waals surface area (Å²) in [6.07, 6.45) is 2.97. The molecule has 1 saturated heterocycles. The Morgan fingerprint density at radius 1 is 0.942 bits per heavy atom. The Morgan fingerprint density at radius 3 is 2.44 bits per heavy atom. The lowest BCUT2D eigenvalue weighted by atomic mass is 9.87. The Bertz CT molecular complexity index is 2500. The van der Waals surface area contributed by atoms with Crippen LogP contribution >= 0.6 is 33.9 Å². The molecule has 0 saturated carbocycles. The number of hydrogen-bond acceptors (Lipinski definition) is 9. The number of piperidine rings is 1. The number of benzene rings is 3. The third-order valence-corrected chi connectivity index (χ3v) is 11.8. The van der Waals surface area contributed by atoms with Gasteiger partial charge in [0, 0.05) is 36.1 Å². The minimum absolute atomic E-state index is 0.000265. The molecule has 4 aromatic heterocycles. The number of nitrogens with zero attached hydrogens (tertiary/aromatic N) is 6. The maximum atomic E-state index is 15.6. The van der Waals surface area contributed by atoms with Gasteiger partial charge in [-0.2, -0.15) is 0 Å². The maximum absolute atomic E-state index is 15.6. The Labute approximate surface area is 314 Å². The van der Waals surface area contributed by atoms with Crippen molar-refractivity contribution in [2.75, 3.05) is 12.3 Å². The minimum atomic E-state index is -0.783. The summed E-state index contributed by atoms with van der Waals surface area (Å²) in [6.45, 7) is 1.39. The molecule has 1 aliphatic rings. The van der Waals surface area contributed by atoms with Gasteiger partial charge >= 0.3 is 0 Å². The number of aromatic nitrogens is 5. The first-order valence-electron chi connectivity index (χ1n) is 16.5. The second-order valence-electron chi connectivity index (χ2n) is 12.6. The van der Waals surface area contributed by atoms with E-state index in [4.69, 9.17) is 27.2 Å². The van der Waals surface area contributed by atoms with E-state index >= 15 is 4.39 Å². The summed E-state index contributed by atoms with van der Waals surface area (Å²) in [6, 6.07) is 27.2. The molecule has 0 radical (unpaired) electrons. The van der Waals surface area contributed by atoms with Crippen LogP contribution in [0.15, 0.2) is 91.1 Å². The van der Waals surface area contributed by atoms with Crippen LogP contribution in [0.1, 0.15) is 50.0 Å². The second kappa shape index (κ2) is 13.7. The zero-order chi connectivity index (χ0) is 36.1. The molecule has 14 heteroatoms. The number of carbonyl (C=O) groups is 2. The van der Waals surface area contributed by atoms with Crippen molar-refractivity contribution >= 4 is 72.9 Å². The predicted octanol–water partition coefficient (Wildman–Crippen LogP) is 6.82. The van der Waals surface area contributed by atoms with Gasteiger partial charge in [-0.25, -0.2) is 24.3 Å². The third kappa shape index (κ3) is 6.16. The highest BCUT2D eigenvalue weighted by atomic mass is 127. The quantitative estimate of drug-likeness (QED) is 0.0852. The largest absolute Gasteiger partial charge is 0.383 e. The van der Waals surface area contributed by atoms with Crippen molar-refractivity contribution in [2.45, 2.75) is 29.4 Å². The number of hydrogen-bond donors (Lipinski definition) is 3. The normalized spacial score (nSPS) is 16.4. The Balaban J connectivity index is 1.07. The standard InChI is InChI=1S/C38H31FIN9O2S/c39-26-18-25(34(42)50)32-31(47-38(52-32)35(43)51)30(26)22-14-16-48(29(40)17-22)19-20-8-10-23(11-9-20)49-36(24-7-4-15-44-33(24)41)46-28-13-12-27(45-37(28)49)21-5-2-1-3-6-21/h1-13,15,18,22,29H,14,16-17,19H2,(H2,41,44)(H2,42,50)(H2,43,51). The number of halogens is 2. The van der Waals surface area contributed by atoms with Crippen LogP contribution in [0.2, 0.25) is 0 Å². The predicted molar refractivity (Wildman–Crippen MR) is 209 cm³/mol. The summed E-state index contributed by atoms with van der Waals surface area (Å²) < 4.78 is 18.1. The highest BCUT2D eigenvalue weighted by molar-refractivity contribution is 14.1. The van der Waals surface area contributed by atoms with Gasteiger partial charge in [0.1, 0.15) is 17.2 Å². The highest BCUT2D eigenvalue weighted by Crippen LogP contribution is 2.41. The van der Waals surface area contributed by atoms with Crippen molar-refractivity contribution in [3.63, 3.8) is 0 Å². The summed E-state index contributed by atoms with van der Waals surface area (Å²) in [4.78, 5) is 45.1. The van der Waals surface area contributed by atoms with E-state index in [1.165, 1.54) is 0 Å². The maximum Gasteiger partial charge on any atom is 0.277 e. The first kappa shape index (κ1) is 33.8. The molecule has 6 N–H and O–H groups in total. The van der Waals surface area contributed by atoms with E-state index in [0.29, 0.717) is 59.0 Å². The average molecular weight is 824 g/mol. The smallest absolute Gasteiger partial charge is 0.277 e. The third-order valence-electron chi connectivity index (χ3n) is 9.41.